The molecule has 0 unspecified atom stereocenters. The van der Waals surface area contributed by atoms with Crippen LogP contribution in [0.15, 0.2) is 35.6 Å². The Morgan fingerprint density at radius 1 is 1.30 bits per heavy atom. The van der Waals surface area contributed by atoms with E-state index < -0.39 is 0 Å². The molecule has 0 bridgehead atoms. The van der Waals surface area contributed by atoms with Crippen LogP contribution < -0.4 is 10.2 Å². The highest BCUT2D eigenvalue weighted by Crippen LogP contribution is 2.13. The van der Waals surface area contributed by atoms with E-state index in [1.165, 1.54) is 4.68 Å². The average Bonchev–Trinajstić information content (AvgIpc) is 3.31. The molecule has 1 saturated heterocycles. The van der Waals surface area contributed by atoms with Gasteiger partial charge in [-0.1, -0.05) is 0 Å². The molecule has 0 spiro atoms. The fraction of sp³-hybridized carbons (Fsp3) is 0.333. The van der Waals surface area contributed by atoms with Crippen molar-refractivity contribution >= 4 is 40.6 Å². The number of rotatable bonds is 6. The minimum absolute atomic E-state index is 0.0191. The summed E-state index contributed by atoms with van der Waals surface area (Å²) in [6.07, 6.45) is 5.29. The van der Waals surface area contributed by atoms with Crippen LogP contribution in [0, 0.1) is 3.57 Å². The lowest BCUT2D eigenvalue weighted by molar-refractivity contribution is -0.132. The molecule has 3 rings (SSSR count). The predicted octanol–water partition coefficient (Wildman–Crippen LogP) is 1.79. The van der Waals surface area contributed by atoms with Crippen LogP contribution in [0.2, 0.25) is 0 Å². The van der Waals surface area contributed by atoms with Gasteiger partial charge in [0.1, 0.15) is 11.4 Å². The maximum Gasteiger partial charge on any atom is 0.290 e. The third kappa shape index (κ3) is 5.06. The molecule has 0 aliphatic carbocycles. The zero-order chi connectivity index (χ0) is 19.2. The van der Waals surface area contributed by atoms with Crippen LogP contribution in [0.5, 0.6) is 5.75 Å². The summed E-state index contributed by atoms with van der Waals surface area (Å²) >= 11 is 2.05. The highest BCUT2D eigenvalue weighted by molar-refractivity contribution is 14.1. The zero-order valence-electron chi connectivity index (χ0n) is 14.9. The summed E-state index contributed by atoms with van der Waals surface area (Å²) in [4.78, 5) is 25.9. The van der Waals surface area contributed by atoms with Crippen LogP contribution in [0.4, 0.5) is 0 Å². The van der Waals surface area contributed by atoms with E-state index >= 15 is 0 Å². The Balaban J connectivity index is 1.49. The van der Waals surface area contributed by atoms with E-state index in [1.807, 2.05) is 4.90 Å². The number of hydrogen-bond donors (Lipinski definition) is 1. The normalized spacial score (nSPS) is 13.9. The largest absolute Gasteiger partial charge is 0.484 e. The number of carbonyl (C=O) groups is 2. The number of nitrogens with one attached hydrogen (secondary N) is 1. The number of aromatic nitrogens is 2. The highest BCUT2D eigenvalue weighted by atomic mass is 127. The first-order valence-corrected chi connectivity index (χ1v) is 9.64. The van der Waals surface area contributed by atoms with Gasteiger partial charge in [0.25, 0.3) is 11.8 Å². The Morgan fingerprint density at radius 3 is 2.63 bits per heavy atom. The molecule has 2 aromatic rings. The van der Waals surface area contributed by atoms with Crippen molar-refractivity contribution in [2.45, 2.75) is 12.8 Å². The molecule has 1 fully saturated rings. The van der Waals surface area contributed by atoms with E-state index in [2.05, 4.69) is 38.2 Å². The molecule has 2 heterocycles. The molecule has 142 valence electrons. The van der Waals surface area contributed by atoms with Crippen molar-refractivity contribution in [1.29, 1.82) is 0 Å². The Kier molecular flexibility index (Phi) is 6.43. The lowest BCUT2D eigenvalue weighted by Crippen LogP contribution is -2.32. The first kappa shape index (κ1) is 19.3. The Hall–Kier alpha value is -2.43. The number of ether oxygens (including phenoxy) is 1. The van der Waals surface area contributed by atoms with Crippen LogP contribution in [-0.4, -0.2) is 52.4 Å². The monoisotopic (exact) mass is 481 g/mol. The summed E-state index contributed by atoms with van der Waals surface area (Å²) in [6, 6.07) is 7.15. The van der Waals surface area contributed by atoms with Crippen molar-refractivity contribution in [1.82, 2.24) is 20.1 Å². The average molecular weight is 481 g/mol. The van der Waals surface area contributed by atoms with Gasteiger partial charge in [0.15, 0.2) is 6.61 Å². The molecule has 8 nitrogen and oxygen atoms in total. The van der Waals surface area contributed by atoms with E-state index in [-0.39, 0.29) is 18.4 Å². The number of carbonyl (C=O) groups excluding carboxylic acids is 2. The van der Waals surface area contributed by atoms with Crippen molar-refractivity contribution in [2.24, 2.45) is 12.1 Å². The third-order valence-electron chi connectivity index (χ3n) is 4.19. The number of aryl methyl sites for hydroxylation is 1. The predicted molar refractivity (Wildman–Crippen MR) is 109 cm³/mol. The fourth-order valence-corrected chi connectivity index (χ4v) is 3.46. The standard InChI is InChI=1S/C18H20IN5O3/c1-23-17(15(19)11-21-23)18(26)22-20-10-13-4-6-14(7-5-13)27-12-16(25)24-8-2-3-9-24/h4-7,10-11H,2-3,8-9,12H2,1H3,(H,22,26). The SMILES string of the molecule is Cn1ncc(I)c1C(=O)NN=Cc1ccc(OCC(=O)N2CCCC2)cc1. The molecule has 27 heavy (non-hydrogen) atoms. The summed E-state index contributed by atoms with van der Waals surface area (Å²) in [7, 11) is 1.70. The van der Waals surface area contributed by atoms with Crippen molar-refractivity contribution in [3.63, 3.8) is 0 Å². The summed E-state index contributed by atoms with van der Waals surface area (Å²) < 4.78 is 7.80. The number of hydrogen-bond acceptors (Lipinski definition) is 5. The molecule has 1 aromatic carbocycles. The van der Waals surface area contributed by atoms with Crippen LogP contribution in [-0.2, 0) is 11.8 Å². The first-order chi connectivity index (χ1) is 13.0. The van der Waals surface area contributed by atoms with Crippen LogP contribution in [0.1, 0.15) is 28.9 Å². The van der Waals surface area contributed by atoms with Crippen LogP contribution in [0.3, 0.4) is 0 Å². The molecule has 0 saturated carbocycles. The summed E-state index contributed by atoms with van der Waals surface area (Å²) in [5.41, 5.74) is 3.74. The number of amides is 2. The lowest BCUT2D eigenvalue weighted by atomic mass is 10.2. The van der Waals surface area contributed by atoms with E-state index in [0.29, 0.717) is 11.4 Å². The molecule has 9 heteroatoms. The second-order valence-corrected chi connectivity index (χ2v) is 7.27. The molecule has 2 amide bonds. The molecule has 1 aliphatic rings. The molecule has 1 aromatic heterocycles. The van der Waals surface area contributed by atoms with Gasteiger partial charge in [-0.2, -0.15) is 10.2 Å². The number of nitrogens with zero attached hydrogens (tertiary/aromatic N) is 4. The molecular weight excluding hydrogens is 461 g/mol. The van der Waals surface area contributed by atoms with Gasteiger partial charge in [0.2, 0.25) is 0 Å². The molecule has 0 atom stereocenters. The first-order valence-electron chi connectivity index (χ1n) is 8.56. The van der Waals surface area contributed by atoms with Gasteiger partial charge in [-0.25, -0.2) is 5.43 Å². The van der Waals surface area contributed by atoms with E-state index in [9.17, 15) is 9.59 Å². The van der Waals surface area contributed by atoms with Gasteiger partial charge in [0, 0.05) is 20.1 Å². The number of benzene rings is 1. The Labute approximate surface area is 170 Å². The summed E-state index contributed by atoms with van der Waals surface area (Å²) in [6.45, 7) is 1.69. The quantitative estimate of drug-likeness (QED) is 0.387. The maximum absolute atomic E-state index is 12.1. The van der Waals surface area contributed by atoms with E-state index in [4.69, 9.17) is 4.74 Å². The van der Waals surface area contributed by atoms with Crippen LogP contribution >= 0.6 is 22.6 Å². The van der Waals surface area contributed by atoms with Crippen molar-refractivity contribution in [3.8, 4) is 5.75 Å². The minimum atomic E-state index is -0.323. The van der Waals surface area contributed by atoms with Crippen molar-refractivity contribution < 1.29 is 14.3 Å². The van der Waals surface area contributed by atoms with Crippen LogP contribution in [0.25, 0.3) is 0 Å². The topological polar surface area (TPSA) is 88.8 Å². The number of halogens is 1. The second kappa shape index (κ2) is 8.98. The highest BCUT2D eigenvalue weighted by Gasteiger charge is 2.18. The third-order valence-corrected chi connectivity index (χ3v) is 4.98. The van der Waals surface area contributed by atoms with Gasteiger partial charge in [-0.3, -0.25) is 14.3 Å². The minimum Gasteiger partial charge on any atom is -0.484 e. The van der Waals surface area contributed by atoms with Gasteiger partial charge in [0.05, 0.1) is 16.0 Å². The van der Waals surface area contributed by atoms with Gasteiger partial charge in [-0.15, -0.1) is 0 Å². The molecule has 1 N–H and O–H groups in total. The lowest BCUT2D eigenvalue weighted by Gasteiger charge is -2.15. The van der Waals surface area contributed by atoms with Gasteiger partial charge >= 0.3 is 0 Å². The smallest absolute Gasteiger partial charge is 0.290 e. The zero-order valence-corrected chi connectivity index (χ0v) is 17.0. The number of hydrazone groups is 1. The Morgan fingerprint density at radius 2 is 2.00 bits per heavy atom. The second-order valence-electron chi connectivity index (χ2n) is 6.11. The maximum atomic E-state index is 12.1. The van der Waals surface area contributed by atoms with Crippen molar-refractivity contribution in [2.75, 3.05) is 19.7 Å². The summed E-state index contributed by atoms with van der Waals surface area (Å²) in [5, 5.41) is 7.99. The summed E-state index contributed by atoms with van der Waals surface area (Å²) in [5.74, 6) is 0.315. The number of likely N-dealkylation sites (tertiary alicyclic amines) is 1. The molecule has 0 radical (unpaired) electrons. The molecular formula is C18H20IN5O3. The van der Waals surface area contributed by atoms with E-state index in [0.717, 1.165) is 35.1 Å². The Bertz CT molecular complexity index is 822. The van der Waals surface area contributed by atoms with Gasteiger partial charge in [-0.05, 0) is 65.3 Å². The molecule has 1 aliphatic heterocycles. The van der Waals surface area contributed by atoms with Gasteiger partial charge < -0.3 is 9.64 Å². The van der Waals surface area contributed by atoms with Crippen molar-refractivity contribution in [3.05, 3.63) is 45.3 Å². The fourth-order valence-electron chi connectivity index (χ4n) is 2.74. The van der Waals surface area contributed by atoms with E-state index in [1.54, 1.807) is 43.7 Å².